The number of piperidine rings is 1. The van der Waals surface area contributed by atoms with E-state index in [1.807, 2.05) is 0 Å². The molecule has 0 unspecified atom stereocenters. The zero-order valence-corrected chi connectivity index (χ0v) is 17.6. The fraction of sp³-hybridized carbons (Fsp3) is 0.444. The first-order valence-corrected chi connectivity index (χ1v) is 12.3. The van der Waals surface area contributed by atoms with E-state index in [9.17, 15) is 18.0 Å². The van der Waals surface area contributed by atoms with Crippen LogP contribution in [-0.2, 0) is 27.7 Å². The molecule has 1 fully saturated rings. The van der Waals surface area contributed by atoms with Crippen LogP contribution < -0.4 is 11.1 Å². The summed E-state index contributed by atoms with van der Waals surface area (Å²) in [5.74, 6) is -0.963. The van der Waals surface area contributed by atoms with Gasteiger partial charge in [0.05, 0.1) is 5.56 Å². The van der Waals surface area contributed by atoms with Crippen molar-refractivity contribution >= 4 is 49.5 Å². The lowest BCUT2D eigenvalue weighted by molar-refractivity contribution is -0.120. The standard InChI is InChI=1S/C18H21N3O4S3/c19-16(22)15-12-3-1-4-13(12)27-18(15)20-17(23)11-6-8-21(9-7-11)28(24,25)14-5-2-10-26-14/h2,5,10-11H,1,3-4,6-9H2,(H2,19,22)(H,20,23). The molecule has 150 valence electrons. The molecule has 2 amide bonds. The number of hydrogen-bond acceptors (Lipinski definition) is 6. The summed E-state index contributed by atoms with van der Waals surface area (Å²) in [7, 11) is -3.48. The molecule has 3 heterocycles. The minimum absolute atomic E-state index is 0.171. The number of fused-ring (bicyclic) bond motifs is 1. The van der Waals surface area contributed by atoms with Crippen LogP contribution in [0.3, 0.4) is 0 Å². The third kappa shape index (κ3) is 3.49. The molecule has 2 aromatic heterocycles. The lowest BCUT2D eigenvalue weighted by Gasteiger charge is -2.30. The summed E-state index contributed by atoms with van der Waals surface area (Å²) in [4.78, 5) is 25.7. The molecular formula is C18H21N3O4S3. The van der Waals surface area contributed by atoms with Gasteiger partial charge >= 0.3 is 0 Å². The number of primary amides is 1. The summed E-state index contributed by atoms with van der Waals surface area (Å²) in [5, 5.41) is 5.16. The number of carbonyl (C=O) groups excluding carboxylic acids is 2. The smallest absolute Gasteiger partial charge is 0.252 e. The Morgan fingerprint density at radius 1 is 1.21 bits per heavy atom. The monoisotopic (exact) mass is 439 g/mol. The maximum absolute atomic E-state index is 12.7. The number of nitrogens with one attached hydrogen (secondary N) is 1. The third-order valence-corrected chi connectivity index (χ3v) is 9.80. The summed E-state index contributed by atoms with van der Waals surface area (Å²) in [6.45, 7) is 0.615. The van der Waals surface area contributed by atoms with Crippen LogP contribution in [0.4, 0.5) is 5.00 Å². The fourth-order valence-corrected chi connectivity index (χ4v) is 7.77. The van der Waals surface area contributed by atoms with Gasteiger partial charge in [0.25, 0.3) is 15.9 Å². The number of rotatable bonds is 5. The quantitative estimate of drug-likeness (QED) is 0.745. The highest BCUT2D eigenvalue weighted by atomic mass is 32.2. The number of nitrogens with two attached hydrogens (primary N) is 1. The lowest BCUT2D eigenvalue weighted by atomic mass is 9.97. The number of carbonyl (C=O) groups is 2. The first kappa shape index (κ1) is 19.6. The van der Waals surface area contributed by atoms with Crippen LogP contribution >= 0.6 is 22.7 Å². The number of nitrogens with zero attached hydrogens (tertiary/aromatic N) is 1. The largest absolute Gasteiger partial charge is 0.365 e. The molecule has 1 saturated heterocycles. The van der Waals surface area contributed by atoms with Crippen molar-refractivity contribution in [2.45, 2.75) is 36.3 Å². The Morgan fingerprint density at radius 2 is 1.96 bits per heavy atom. The van der Waals surface area contributed by atoms with Gasteiger partial charge in [0, 0.05) is 23.9 Å². The molecule has 2 aliphatic rings. The molecule has 0 bridgehead atoms. The van der Waals surface area contributed by atoms with Gasteiger partial charge in [-0.25, -0.2) is 8.42 Å². The van der Waals surface area contributed by atoms with Crippen molar-refractivity contribution in [3.8, 4) is 0 Å². The van der Waals surface area contributed by atoms with E-state index in [2.05, 4.69) is 5.32 Å². The van der Waals surface area contributed by atoms with Gasteiger partial charge < -0.3 is 11.1 Å². The molecule has 1 aliphatic carbocycles. The number of thiophene rings is 2. The van der Waals surface area contributed by atoms with Gasteiger partial charge in [-0.3, -0.25) is 9.59 Å². The zero-order valence-electron chi connectivity index (χ0n) is 15.1. The van der Waals surface area contributed by atoms with Crippen LogP contribution in [0.2, 0.25) is 0 Å². The van der Waals surface area contributed by atoms with Crippen LogP contribution in [0.5, 0.6) is 0 Å². The van der Waals surface area contributed by atoms with Gasteiger partial charge in [0.1, 0.15) is 9.21 Å². The first-order valence-electron chi connectivity index (χ1n) is 9.17. The van der Waals surface area contributed by atoms with Gasteiger partial charge in [-0.2, -0.15) is 4.31 Å². The maximum atomic E-state index is 12.7. The van der Waals surface area contributed by atoms with Crippen LogP contribution in [0.15, 0.2) is 21.7 Å². The summed E-state index contributed by atoms with van der Waals surface area (Å²) < 4.78 is 27.0. The average molecular weight is 440 g/mol. The topological polar surface area (TPSA) is 110 Å². The van der Waals surface area contributed by atoms with Gasteiger partial charge in [-0.05, 0) is 49.1 Å². The van der Waals surface area contributed by atoms with E-state index in [0.29, 0.717) is 40.7 Å². The normalized spacial score (nSPS) is 18.1. The molecule has 7 nitrogen and oxygen atoms in total. The SMILES string of the molecule is NC(=O)c1c(NC(=O)C2CCN(S(=O)(=O)c3cccs3)CC2)sc2c1CCC2. The molecule has 0 spiro atoms. The molecular weight excluding hydrogens is 418 g/mol. The molecule has 2 aromatic rings. The Morgan fingerprint density at radius 3 is 2.61 bits per heavy atom. The second kappa shape index (κ2) is 7.58. The number of amides is 2. The third-order valence-electron chi connectivity index (χ3n) is 5.32. The number of anilines is 1. The van der Waals surface area contributed by atoms with E-state index in [0.717, 1.165) is 29.7 Å². The van der Waals surface area contributed by atoms with E-state index in [-0.39, 0.29) is 11.8 Å². The first-order chi connectivity index (χ1) is 13.4. The molecule has 0 atom stereocenters. The minimum Gasteiger partial charge on any atom is -0.365 e. The molecule has 3 N–H and O–H groups in total. The van der Waals surface area contributed by atoms with Gasteiger partial charge in [0.2, 0.25) is 5.91 Å². The highest BCUT2D eigenvalue weighted by Gasteiger charge is 2.34. The molecule has 28 heavy (non-hydrogen) atoms. The summed E-state index contributed by atoms with van der Waals surface area (Å²) in [6.07, 6.45) is 3.64. The van der Waals surface area contributed by atoms with E-state index >= 15 is 0 Å². The lowest BCUT2D eigenvalue weighted by Crippen LogP contribution is -2.41. The number of sulfonamides is 1. The van der Waals surface area contributed by atoms with Crippen LogP contribution in [0, 0.1) is 5.92 Å². The Hall–Kier alpha value is -1.75. The molecule has 0 radical (unpaired) electrons. The Kier molecular flexibility index (Phi) is 5.30. The molecule has 10 heteroatoms. The predicted molar refractivity (Wildman–Crippen MR) is 109 cm³/mol. The predicted octanol–water partition coefficient (Wildman–Crippen LogP) is 2.44. The molecule has 0 aromatic carbocycles. The number of aryl methyl sites for hydroxylation is 1. The van der Waals surface area contributed by atoms with Crippen molar-refractivity contribution in [2.75, 3.05) is 18.4 Å². The second-order valence-electron chi connectivity index (χ2n) is 7.03. The molecule has 4 rings (SSSR count). The average Bonchev–Trinajstić information content (AvgIpc) is 3.38. The maximum Gasteiger partial charge on any atom is 0.252 e. The van der Waals surface area contributed by atoms with Crippen LogP contribution in [0.25, 0.3) is 0 Å². The van der Waals surface area contributed by atoms with Gasteiger partial charge in [0.15, 0.2) is 0 Å². The zero-order chi connectivity index (χ0) is 19.9. The highest BCUT2D eigenvalue weighted by Crippen LogP contribution is 2.39. The van der Waals surface area contributed by atoms with E-state index in [1.54, 1.807) is 17.5 Å². The Balaban J connectivity index is 1.42. The Bertz CT molecular complexity index is 1000. The van der Waals surface area contributed by atoms with E-state index in [1.165, 1.54) is 27.0 Å². The summed E-state index contributed by atoms with van der Waals surface area (Å²) in [5.41, 5.74) is 6.97. The van der Waals surface area contributed by atoms with Crippen LogP contribution in [0.1, 0.15) is 40.1 Å². The number of hydrogen-bond donors (Lipinski definition) is 2. The van der Waals surface area contributed by atoms with Crippen LogP contribution in [-0.4, -0.2) is 37.6 Å². The minimum atomic E-state index is -3.48. The molecule has 0 saturated carbocycles. The van der Waals surface area contributed by atoms with E-state index in [4.69, 9.17) is 5.73 Å². The van der Waals surface area contributed by atoms with Crippen molar-refractivity contribution in [1.82, 2.24) is 4.31 Å². The van der Waals surface area contributed by atoms with Crippen molar-refractivity contribution in [1.29, 1.82) is 0 Å². The highest BCUT2D eigenvalue weighted by molar-refractivity contribution is 7.91. The molecule has 1 aliphatic heterocycles. The van der Waals surface area contributed by atoms with Crippen molar-refractivity contribution in [3.05, 3.63) is 33.5 Å². The van der Waals surface area contributed by atoms with E-state index < -0.39 is 15.9 Å². The summed E-state index contributed by atoms with van der Waals surface area (Å²) >= 11 is 2.63. The van der Waals surface area contributed by atoms with Gasteiger partial charge in [-0.15, -0.1) is 22.7 Å². The fourth-order valence-electron chi connectivity index (χ4n) is 3.86. The van der Waals surface area contributed by atoms with Crippen molar-refractivity contribution in [2.24, 2.45) is 11.7 Å². The van der Waals surface area contributed by atoms with Gasteiger partial charge in [-0.1, -0.05) is 6.07 Å². The second-order valence-corrected chi connectivity index (χ2v) is 11.2. The Labute approximate surface area is 171 Å². The summed E-state index contributed by atoms with van der Waals surface area (Å²) in [6, 6.07) is 3.31. The van der Waals surface area contributed by atoms with Crippen molar-refractivity contribution in [3.63, 3.8) is 0 Å². The van der Waals surface area contributed by atoms with Crippen molar-refractivity contribution < 1.29 is 18.0 Å².